The third-order valence-corrected chi connectivity index (χ3v) is 7.35. The molecule has 1 aromatic heterocycles. The molecule has 2 N–H and O–H groups in total. The molecule has 0 radical (unpaired) electrons. The Bertz CT molecular complexity index is 1110. The number of aromatic nitrogens is 2. The molecule has 32 heavy (non-hydrogen) atoms. The van der Waals surface area contributed by atoms with E-state index in [2.05, 4.69) is 17.6 Å². The van der Waals surface area contributed by atoms with Gasteiger partial charge in [-0.05, 0) is 31.0 Å². The van der Waals surface area contributed by atoms with Crippen LogP contribution < -0.4 is 21.1 Å². The first-order chi connectivity index (χ1) is 15.0. The van der Waals surface area contributed by atoms with Crippen LogP contribution in [-0.2, 0) is 17.7 Å². The second-order valence-electron chi connectivity index (χ2n) is 9.04. The van der Waals surface area contributed by atoms with Gasteiger partial charge in [0.05, 0.1) is 24.8 Å². The number of fused-ring (bicyclic) bond motifs is 3. The van der Waals surface area contributed by atoms with Gasteiger partial charge in [0.25, 0.3) is 5.56 Å². The van der Waals surface area contributed by atoms with Crippen LogP contribution >= 0.6 is 12.6 Å². The number of halogens is 3. The van der Waals surface area contributed by atoms with Crippen molar-refractivity contribution < 1.29 is 17.9 Å². The summed E-state index contributed by atoms with van der Waals surface area (Å²) < 4.78 is 49.2. The zero-order valence-corrected chi connectivity index (χ0v) is 18.4. The van der Waals surface area contributed by atoms with E-state index in [1.165, 1.54) is 6.07 Å². The van der Waals surface area contributed by atoms with Gasteiger partial charge in [0, 0.05) is 31.3 Å². The number of morpholine rings is 1. The molecule has 2 saturated heterocycles. The molecule has 7 nitrogen and oxygen atoms in total. The fourth-order valence-corrected chi connectivity index (χ4v) is 5.24. The summed E-state index contributed by atoms with van der Waals surface area (Å²) in [5.41, 5.74) is 6.27. The van der Waals surface area contributed by atoms with Crippen molar-refractivity contribution in [1.29, 1.82) is 0 Å². The van der Waals surface area contributed by atoms with Gasteiger partial charge >= 0.3 is 6.18 Å². The predicted octanol–water partition coefficient (Wildman–Crippen LogP) is 2.44. The second-order valence-corrected chi connectivity index (χ2v) is 9.78. The summed E-state index contributed by atoms with van der Waals surface area (Å²) in [5, 5.41) is 0. The lowest BCUT2D eigenvalue weighted by atomic mass is 10.0. The molecule has 3 aliphatic rings. The molecule has 3 aliphatic heterocycles. The summed E-state index contributed by atoms with van der Waals surface area (Å²) in [6, 6.07) is 8.29. The van der Waals surface area contributed by atoms with Crippen LogP contribution in [0, 0.1) is 0 Å². The number of alkyl halides is 3. The lowest BCUT2D eigenvalue weighted by Crippen LogP contribution is -2.54. The quantitative estimate of drug-likeness (QED) is 0.532. The maximum Gasteiger partial charge on any atom is 0.422 e. The normalized spacial score (nSPS) is 29.1. The van der Waals surface area contributed by atoms with Crippen molar-refractivity contribution in [2.45, 2.75) is 49.0 Å². The fourth-order valence-electron chi connectivity index (χ4n) is 4.90. The molecule has 3 atom stereocenters. The van der Waals surface area contributed by atoms with E-state index in [1.54, 1.807) is 24.3 Å². The van der Waals surface area contributed by atoms with Crippen LogP contribution in [0.3, 0.4) is 0 Å². The summed E-state index contributed by atoms with van der Waals surface area (Å²) in [6.07, 6.45) is -3.52. The van der Waals surface area contributed by atoms with E-state index in [0.29, 0.717) is 31.1 Å². The largest absolute Gasteiger partial charge is 0.422 e. The highest BCUT2D eigenvalue weighted by molar-refractivity contribution is 7.82. The monoisotopic (exact) mass is 467 g/mol. The van der Waals surface area contributed by atoms with Crippen molar-refractivity contribution in [2.24, 2.45) is 0 Å². The molecule has 1 unspecified atom stereocenters. The van der Waals surface area contributed by atoms with Gasteiger partial charge in [0.1, 0.15) is 5.82 Å². The first-order valence-corrected chi connectivity index (χ1v) is 10.9. The average Bonchev–Trinajstić information content (AvgIpc) is 3.35. The van der Waals surface area contributed by atoms with E-state index < -0.39 is 23.2 Å². The first-order valence-electron chi connectivity index (χ1n) is 10.4. The Morgan fingerprint density at radius 2 is 2.03 bits per heavy atom. The highest BCUT2D eigenvalue weighted by atomic mass is 32.1. The molecule has 2 aromatic rings. The molecule has 172 valence electrons. The van der Waals surface area contributed by atoms with E-state index >= 15 is 0 Å². The standard InChI is InChI=1S/C21H24F3N5O2S/c1-19-9-15(31-12-19)10-29(19)16-8-17(30)27-11-20(32,21(22,23)24)28(18(27)26-16)7-6-13-2-4-14(25)5-3-13/h2-5,8,15,32H,6-7,9-12,25H2,1H3/t15-,19?,20+/m0/s1. The lowest BCUT2D eigenvalue weighted by molar-refractivity contribution is -0.159. The average molecular weight is 468 g/mol. The van der Waals surface area contributed by atoms with Gasteiger partial charge in [-0.15, -0.1) is 12.6 Å². The molecule has 5 rings (SSSR count). The van der Waals surface area contributed by atoms with Crippen molar-refractivity contribution in [1.82, 2.24) is 9.55 Å². The minimum Gasteiger partial charge on any atom is -0.399 e. The number of nitrogens with two attached hydrogens (primary N) is 1. The predicted molar refractivity (Wildman–Crippen MR) is 118 cm³/mol. The minimum atomic E-state index is -4.68. The van der Waals surface area contributed by atoms with E-state index in [9.17, 15) is 18.0 Å². The third kappa shape index (κ3) is 3.24. The number of rotatable bonds is 4. The number of anilines is 3. The van der Waals surface area contributed by atoms with Crippen LogP contribution in [0.4, 0.5) is 30.6 Å². The third-order valence-electron chi connectivity index (χ3n) is 6.71. The number of nitrogen functional groups attached to an aromatic ring is 1. The van der Waals surface area contributed by atoms with Gasteiger partial charge in [-0.3, -0.25) is 9.36 Å². The van der Waals surface area contributed by atoms with Crippen molar-refractivity contribution >= 4 is 30.1 Å². The number of hydrogen-bond donors (Lipinski definition) is 2. The van der Waals surface area contributed by atoms with Crippen LogP contribution in [-0.4, -0.2) is 51.9 Å². The number of benzene rings is 1. The van der Waals surface area contributed by atoms with E-state index in [1.807, 2.05) is 11.8 Å². The fraction of sp³-hybridized carbons (Fsp3) is 0.524. The van der Waals surface area contributed by atoms with Crippen molar-refractivity contribution in [3.8, 4) is 0 Å². The topological polar surface area (TPSA) is 76.6 Å². The van der Waals surface area contributed by atoms with Crippen LogP contribution in [0.2, 0.25) is 0 Å². The highest BCUT2D eigenvalue weighted by Crippen LogP contribution is 2.47. The van der Waals surface area contributed by atoms with Gasteiger partial charge in [-0.1, -0.05) is 12.1 Å². The van der Waals surface area contributed by atoms with Gasteiger partial charge < -0.3 is 20.3 Å². The van der Waals surface area contributed by atoms with Gasteiger partial charge in [-0.2, -0.15) is 18.2 Å². The van der Waals surface area contributed by atoms with Crippen molar-refractivity contribution in [3.63, 3.8) is 0 Å². The van der Waals surface area contributed by atoms with E-state index in [0.717, 1.165) is 21.5 Å². The Kier molecular flexibility index (Phi) is 4.72. The molecule has 4 heterocycles. The summed E-state index contributed by atoms with van der Waals surface area (Å²) >= 11 is 4.06. The van der Waals surface area contributed by atoms with Crippen molar-refractivity contribution in [2.75, 3.05) is 35.2 Å². The van der Waals surface area contributed by atoms with Crippen LogP contribution in [0.1, 0.15) is 18.9 Å². The minimum absolute atomic E-state index is 0.00811. The van der Waals surface area contributed by atoms with Gasteiger partial charge in [-0.25, -0.2) is 0 Å². The van der Waals surface area contributed by atoms with Crippen LogP contribution in [0.15, 0.2) is 35.1 Å². The Balaban J connectivity index is 1.53. The summed E-state index contributed by atoms with van der Waals surface area (Å²) in [5.74, 6) is 0.370. The zero-order valence-electron chi connectivity index (χ0n) is 17.5. The van der Waals surface area contributed by atoms with Crippen molar-refractivity contribution in [3.05, 3.63) is 46.2 Å². The molecule has 0 amide bonds. The molecule has 0 spiro atoms. The molecule has 0 aliphatic carbocycles. The number of ether oxygens (including phenoxy) is 1. The SMILES string of the molecule is CC12CO[C@H](CN1c1cc(=O)n3c(n1)N(CCc1ccc(N)cc1)[C@](S)(C(F)(F)F)C3)C2. The zero-order chi connectivity index (χ0) is 22.9. The number of nitrogens with zero attached hydrogens (tertiary/aromatic N) is 4. The summed E-state index contributed by atoms with van der Waals surface area (Å²) in [4.78, 5) is 18.0. The highest BCUT2D eigenvalue weighted by Gasteiger charge is 2.61. The second kappa shape index (κ2) is 7.05. The maximum absolute atomic E-state index is 14.2. The number of thiol groups is 1. The molecule has 11 heteroatoms. The molecule has 1 aromatic carbocycles. The van der Waals surface area contributed by atoms with E-state index in [-0.39, 0.29) is 24.1 Å². The summed E-state index contributed by atoms with van der Waals surface area (Å²) in [6.45, 7) is 2.45. The Morgan fingerprint density at radius 3 is 2.62 bits per heavy atom. The Morgan fingerprint density at radius 1 is 1.31 bits per heavy atom. The Labute approximate surface area is 188 Å². The molecule has 2 fully saturated rings. The van der Waals surface area contributed by atoms with Gasteiger partial charge in [0.15, 0.2) is 0 Å². The van der Waals surface area contributed by atoms with Gasteiger partial charge in [0.2, 0.25) is 10.8 Å². The molecule has 0 saturated carbocycles. The molecule has 2 bridgehead atoms. The van der Waals surface area contributed by atoms with Crippen LogP contribution in [0.5, 0.6) is 0 Å². The lowest BCUT2D eigenvalue weighted by Gasteiger charge is -2.37. The smallest absolute Gasteiger partial charge is 0.399 e. The maximum atomic E-state index is 14.2. The van der Waals surface area contributed by atoms with Crippen LogP contribution in [0.25, 0.3) is 0 Å². The molecular formula is C21H24F3N5O2S. The Hall–Kier alpha value is -2.40. The molecular weight excluding hydrogens is 443 g/mol. The first kappa shape index (κ1) is 21.4. The summed E-state index contributed by atoms with van der Waals surface area (Å²) in [7, 11) is 0. The number of hydrogen-bond acceptors (Lipinski definition) is 7. The van der Waals surface area contributed by atoms with E-state index in [4.69, 9.17) is 10.5 Å².